The summed E-state index contributed by atoms with van der Waals surface area (Å²) in [6.07, 6.45) is 3.88. The molecule has 0 aliphatic rings. The van der Waals surface area contributed by atoms with Crippen LogP contribution in [0.3, 0.4) is 0 Å². The number of hydrogen-bond acceptors (Lipinski definition) is 1. The van der Waals surface area contributed by atoms with Crippen LogP contribution in [0.1, 0.15) is 60.8 Å². The van der Waals surface area contributed by atoms with Crippen LogP contribution in [0, 0.1) is 17.3 Å². The molecule has 0 saturated carbocycles. The molecule has 2 unspecified atom stereocenters. The Bertz CT molecular complexity index is 153. The lowest BCUT2D eigenvalue weighted by Crippen LogP contribution is -2.37. The topological polar surface area (TPSA) is 12.0 Å². The molecule has 15 heavy (non-hydrogen) atoms. The summed E-state index contributed by atoms with van der Waals surface area (Å²) in [5, 5.41) is 3.59. The fourth-order valence-electron chi connectivity index (χ4n) is 2.00. The van der Waals surface area contributed by atoms with E-state index in [0.29, 0.717) is 5.41 Å². The van der Waals surface area contributed by atoms with Crippen LogP contribution in [0.15, 0.2) is 0 Å². The second kappa shape index (κ2) is 7.27. The molecule has 0 rings (SSSR count). The minimum absolute atomic E-state index is 0.463. The first-order valence-corrected chi connectivity index (χ1v) is 6.67. The van der Waals surface area contributed by atoms with Crippen molar-refractivity contribution in [2.45, 2.75) is 60.8 Å². The van der Waals surface area contributed by atoms with E-state index in [1.807, 2.05) is 0 Å². The minimum atomic E-state index is 0.463. The average Bonchev–Trinajstić information content (AvgIpc) is 2.17. The zero-order valence-electron chi connectivity index (χ0n) is 11.7. The first kappa shape index (κ1) is 15.0. The van der Waals surface area contributed by atoms with Crippen molar-refractivity contribution < 1.29 is 0 Å². The second-order valence-electron chi connectivity index (χ2n) is 5.70. The molecule has 0 saturated heterocycles. The van der Waals surface area contributed by atoms with Crippen molar-refractivity contribution >= 4 is 0 Å². The number of hydrogen-bond donors (Lipinski definition) is 1. The lowest BCUT2D eigenvalue weighted by molar-refractivity contribution is 0.160. The van der Waals surface area contributed by atoms with E-state index in [1.54, 1.807) is 0 Å². The molecule has 0 spiro atoms. The third kappa shape index (κ3) is 5.55. The van der Waals surface area contributed by atoms with Crippen LogP contribution >= 0.6 is 0 Å². The first-order valence-electron chi connectivity index (χ1n) is 6.67. The van der Waals surface area contributed by atoms with Gasteiger partial charge in [-0.3, -0.25) is 0 Å². The van der Waals surface area contributed by atoms with Gasteiger partial charge in [0.15, 0.2) is 0 Å². The van der Waals surface area contributed by atoms with Gasteiger partial charge >= 0.3 is 0 Å². The van der Waals surface area contributed by atoms with Gasteiger partial charge in [-0.05, 0) is 36.6 Å². The van der Waals surface area contributed by atoms with Gasteiger partial charge in [0.05, 0.1) is 0 Å². The largest absolute Gasteiger partial charge is 0.316 e. The van der Waals surface area contributed by atoms with Crippen molar-refractivity contribution in [1.82, 2.24) is 5.32 Å². The summed E-state index contributed by atoms with van der Waals surface area (Å²) in [5.41, 5.74) is 0.463. The maximum absolute atomic E-state index is 3.59. The molecule has 0 aromatic heterocycles. The molecule has 0 amide bonds. The van der Waals surface area contributed by atoms with Crippen molar-refractivity contribution in [2.75, 3.05) is 13.1 Å². The quantitative estimate of drug-likeness (QED) is 0.599. The second-order valence-corrected chi connectivity index (χ2v) is 5.70. The Morgan fingerprint density at radius 3 is 2.13 bits per heavy atom. The Balaban J connectivity index is 4.19. The molecular formula is C14H31N. The van der Waals surface area contributed by atoms with Crippen molar-refractivity contribution in [2.24, 2.45) is 17.3 Å². The van der Waals surface area contributed by atoms with E-state index >= 15 is 0 Å². The molecule has 1 N–H and O–H groups in total. The molecule has 0 radical (unpaired) electrons. The van der Waals surface area contributed by atoms with Crippen LogP contribution in [-0.4, -0.2) is 13.1 Å². The zero-order valence-corrected chi connectivity index (χ0v) is 11.7. The van der Waals surface area contributed by atoms with Crippen LogP contribution in [0.5, 0.6) is 0 Å². The van der Waals surface area contributed by atoms with Crippen molar-refractivity contribution in [3.8, 4) is 0 Å². The Morgan fingerprint density at radius 2 is 1.73 bits per heavy atom. The fraction of sp³-hybridized carbons (Fsp3) is 1.00. The Labute approximate surface area is 97.0 Å². The highest BCUT2D eigenvalue weighted by Gasteiger charge is 2.29. The van der Waals surface area contributed by atoms with Gasteiger partial charge in [0.1, 0.15) is 0 Å². The number of nitrogens with one attached hydrogen (secondary N) is 1. The van der Waals surface area contributed by atoms with Crippen molar-refractivity contribution in [1.29, 1.82) is 0 Å². The van der Waals surface area contributed by atoms with Crippen molar-refractivity contribution in [3.63, 3.8) is 0 Å². The maximum Gasteiger partial charge on any atom is 0.000771 e. The highest BCUT2D eigenvalue weighted by Crippen LogP contribution is 2.34. The summed E-state index contributed by atoms with van der Waals surface area (Å²) >= 11 is 0. The van der Waals surface area contributed by atoms with E-state index in [2.05, 4.69) is 46.9 Å². The molecule has 0 heterocycles. The standard InChI is InChI=1S/C14H31N/c1-7-9-15-11-14(6,12(3)4)10-13(5)8-2/h12-13,15H,7-11H2,1-6H3. The minimum Gasteiger partial charge on any atom is -0.316 e. The Kier molecular flexibility index (Phi) is 7.25. The number of rotatable bonds is 8. The van der Waals surface area contributed by atoms with E-state index in [-0.39, 0.29) is 0 Å². The molecule has 0 fully saturated rings. The molecular weight excluding hydrogens is 182 g/mol. The summed E-state index contributed by atoms with van der Waals surface area (Å²) in [7, 11) is 0. The van der Waals surface area contributed by atoms with E-state index in [0.717, 1.165) is 18.4 Å². The monoisotopic (exact) mass is 213 g/mol. The summed E-state index contributed by atoms with van der Waals surface area (Å²) in [4.78, 5) is 0. The zero-order chi connectivity index (χ0) is 11.9. The van der Waals surface area contributed by atoms with Gasteiger partial charge < -0.3 is 5.32 Å². The predicted octanol–water partition coefficient (Wildman–Crippen LogP) is 4.08. The summed E-state index contributed by atoms with van der Waals surface area (Å²) < 4.78 is 0. The highest BCUT2D eigenvalue weighted by atomic mass is 14.9. The smallest absolute Gasteiger partial charge is 0.000771 e. The van der Waals surface area contributed by atoms with Crippen LogP contribution < -0.4 is 5.32 Å². The molecule has 0 aromatic rings. The van der Waals surface area contributed by atoms with Crippen molar-refractivity contribution in [3.05, 3.63) is 0 Å². The van der Waals surface area contributed by atoms with Gasteiger partial charge in [0, 0.05) is 6.54 Å². The van der Waals surface area contributed by atoms with Gasteiger partial charge in [-0.2, -0.15) is 0 Å². The third-order valence-corrected chi connectivity index (χ3v) is 3.86. The molecule has 1 heteroatoms. The average molecular weight is 213 g/mol. The third-order valence-electron chi connectivity index (χ3n) is 3.86. The van der Waals surface area contributed by atoms with Crippen LogP contribution in [0.25, 0.3) is 0 Å². The first-order chi connectivity index (χ1) is 6.96. The van der Waals surface area contributed by atoms with E-state index in [4.69, 9.17) is 0 Å². The summed E-state index contributed by atoms with van der Waals surface area (Å²) in [6.45, 7) is 16.4. The van der Waals surface area contributed by atoms with Gasteiger partial charge in [0.25, 0.3) is 0 Å². The predicted molar refractivity (Wildman–Crippen MR) is 70.2 cm³/mol. The SMILES string of the molecule is CCCNCC(C)(CC(C)CC)C(C)C. The molecule has 2 atom stereocenters. The molecule has 92 valence electrons. The normalized spacial score (nSPS) is 17.8. The molecule has 0 aliphatic carbocycles. The van der Waals surface area contributed by atoms with Crippen LogP contribution in [0.2, 0.25) is 0 Å². The van der Waals surface area contributed by atoms with E-state index in [1.165, 1.54) is 25.8 Å². The van der Waals surface area contributed by atoms with Gasteiger partial charge in [-0.1, -0.05) is 48.0 Å². The fourth-order valence-corrected chi connectivity index (χ4v) is 2.00. The molecule has 1 nitrogen and oxygen atoms in total. The van der Waals surface area contributed by atoms with Crippen LogP contribution in [0.4, 0.5) is 0 Å². The lowest BCUT2D eigenvalue weighted by atomic mass is 9.72. The van der Waals surface area contributed by atoms with Gasteiger partial charge in [0.2, 0.25) is 0 Å². The van der Waals surface area contributed by atoms with Gasteiger partial charge in [-0.25, -0.2) is 0 Å². The van der Waals surface area contributed by atoms with E-state index < -0.39 is 0 Å². The van der Waals surface area contributed by atoms with Crippen LogP contribution in [-0.2, 0) is 0 Å². The van der Waals surface area contributed by atoms with E-state index in [9.17, 15) is 0 Å². The summed E-state index contributed by atoms with van der Waals surface area (Å²) in [6, 6.07) is 0. The molecule has 0 aliphatic heterocycles. The molecule has 0 bridgehead atoms. The Morgan fingerprint density at radius 1 is 1.13 bits per heavy atom. The van der Waals surface area contributed by atoms with Gasteiger partial charge in [-0.15, -0.1) is 0 Å². The lowest BCUT2D eigenvalue weighted by Gasteiger charge is -2.36. The molecule has 0 aromatic carbocycles. The maximum atomic E-state index is 3.59. The summed E-state index contributed by atoms with van der Waals surface area (Å²) in [5.74, 6) is 1.61. The highest BCUT2D eigenvalue weighted by molar-refractivity contribution is 4.81. The Hall–Kier alpha value is -0.0400.